The Labute approximate surface area is 180 Å². The molecule has 2 saturated carbocycles. The third-order valence-corrected chi connectivity index (χ3v) is 6.97. The SMILES string of the molecule is COc1ccc(NC(=O)c2ccccc2N2C(=O)[C@@H]3[C@H]4CC[C@@H](C4)[C@@H]3C2=O)c(OC)c1. The van der Waals surface area contributed by atoms with Gasteiger partial charge in [-0.05, 0) is 55.4 Å². The Hall–Kier alpha value is -3.35. The number of hydrogen-bond donors (Lipinski definition) is 1. The summed E-state index contributed by atoms with van der Waals surface area (Å²) in [5, 5.41) is 2.83. The lowest BCUT2D eigenvalue weighted by atomic mass is 9.81. The lowest BCUT2D eigenvalue weighted by molar-refractivity contribution is -0.123. The van der Waals surface area contributed by atoms with Crippen LogP contribution in [0.4, 0.5) is 11.4 Å². The largest absolute Gasteiger partial charge is 0.497 e. The highest BCUT2D eigenvalue weighted by molar-refractivity contribution is 6.25. The lowest BCUT2D eigenvalue weighted by Crippen LogP contribution is -2.34. The van der Waals surface area contributed by atoms with Crippen LogP contribution < -0.4 is 19.7 Å². The van der Waals surface area contributed by atoms with Gasteiger partial charge in [0.05, 0.1) is 43.0 Å². The molecule has 5 rings (SSSR count). The fraction of sp³-hybridized carbons (Fsp3) is 0.375. The monoisotopic (exact) mass is 420 g/mol. The van der Waals surface area contributed by atoms with Crippen LogP contribution in [0.1, 0.15) is 29.6 Å². The predicted octanol–water partition coefficient (Wildman–Crippen LogP) is 3.49. The summed E-state index contributed by atoms with van der Waals surface area (Å²) in [5.41, 5.74) is 1.09. The molecule has 3 amide bonds. The molecule has 2 aromatic rings. The van der Waals surface area contributed by atoms with E-state index in [1.165, 1.54) is 12.0 Å². The molecule has 2 aromatic carbocycles. The second-order valence-corrected chi connectivity index (χ2v) is 8.43. The molecular formula is C24H24N2O5. The molecule has 31 heavy (non-hydrogen) atoms. The van der Waals surface area contributed by atoms with Crippen LogP contribution in [-0.4, -0.2) is 31.9 Å². The van der Waals surface area contributed by atoms with Crippen molar-refractivity contribution >= 4 is 29.1 Å². The van der Waals surface area contributed by atoms with Gasteiger partial charge in [0.25, 0.3) is 5.91 Å². The molecular weight excluding hydrogens is 396 g/mol. The van der Waals surface area contributed by atoms with E-state index < -0.39 is 5.91 Å². The minimum atomic E-state index is -0.417. The molecule has 3 aliphatic rings. The molecule has 1 heterocycles. The molecule has 1 N–H and O–H groups in total. The molecule has 7 nitrogen and oxygen atoms in total. The van der Waals surface area contributed by atoms with Crippen molar-refractivity contribution in [3.05, 3.63) is 48.0 Å². The first-order valence-corrected chi connectivity index (χ1v) is 10.5. The van der Waals surface area contributed by atoms with Gasteiger partial charge in [-0.15, -0.1) is 0 Å². The summed E-state index contributed by atoms with van der Waals surface area (Å²) in [7, 11) is 3.06. The topological polar surface area (TPSA) is 84.9 Å². The smallest absolute Gasteiger partial charge is 0.257 e. The van der Waals surface area contributed by atoms with Crippen LogP contribution in [-0.2, 0) is 9.59 Å². The van der Waals surface area contributed by atoms with E-state index in [9.17, 15) is 14.4 Å². The summed E-state index contributed by atoms with van der Waals surface area (Å²) in [6.07, 6.45) is 3.00. The van der Waals surface area contributed by atoms with Crippen LogP contribution in [0.5, 0.6) is 11.5 Å². The number of hydrogen-bond acceptors (Lipinski definition) is 5. The first-order chi connectivity index (χ1) is 15.0. The van der Waals surface area contributed by atoms with Crippen LogP contribution in [0.2, 0.25) is 0 Å². The van der Waals surface area contributed by atoms with Crippen LogP contribution in [0.25, 0.3) is 0 Å². The normalized spacial score (nSPS) is 26.2. The zero-order valence-electron chi connectivity index (χ0n) is 17.5. The highest BCUT2D eigenvalue weighted by Crippen LogP contribution is 2.56. The van der Waals surface area contributed by atoms with Gasteiger partial charge in [-0.1, -0.05) is 12.1 Å². The summed E-state index contributed by atoms with van der Waals surface area (Å²) >= 11 is 0. The number of nitrogens with one attached hydrogen (secondary N) is 1. The second-order valence-electron chi connectivity index (χ2n) is 8.43. The summed E-state index contributed by atoms with van der Waals surface area (Å²) in [4.78, 5) is 40.9. The molecule has 160 valence electrons. The third kappa shape index (κ3) is 2.99. The third-order valence-electron chi connectivity index (χ3n) is 6.97. The van der Waals surface area contributed by atoms with E-state index in [1.54, 1.807) is 49.6 Å². The molecule has 0 unspecified atom stereocenters. The van der Waals surface area contributed by atoms with E-state index in [0.717, 1.165) is 19.3 Å². The average Bonchev–Trinajstić information content (AvgIpc) is 3.47. The van der Waals surface area contributed by atoms with Crippen molar-refractivity contribution in [1.82, 2.24) is 0 Å². The Kier molecular flexibility index (Phi) is 4.68. The molecule has 1 saturated heterocycles. The van der Waals surface area contributed by atoms with Crippen molar-refractivity contribution in [3.63, 3.8) is 0 Å². The van der Waals surface area contributed by atoms with Crippen molar-refractivity contribution in [3.8, 4) is 11.5 Å². The number of carbonyl (C=O) groups is 3. The second kappa shape index (κ2) is 7.41. The maximum Gasteiger partial charge on any atom is 0.257 e. The number of nitrogens with zero attached hydrogens (tertiary/aromatic N) is 1. The molecule has 1 aliphatic heterocycles. The molecule has 4 atom stereocenters. The van der Waals surface area contributed by atoms with E-state index in [-0.39, 0.29) is 29.2 Å². The number of benzene rings is 2. The van der Waals surface area contributed by atoms with Gasteiger partial charge in [-0.2, -0.15) is 0 Å². The van der Waals surface area contributed by atoms with Gasteiger partial charge < -0.3 is 14.8 Å². The van der Waals surface area contributed by atoms with Crippen LogP contribution in [0.3, 0.4) is 0 Å². The van der Waals surface area contributed by atoms with Gasteiger partial charge in [-0.25, -0.2) is 4.90 Å². The van der Waals surface area contributed by atoms with Crippen molar-refractivity contribution in [1.29, 1.82) is 0 Å². The number of rotatable bonds is 5. The van der Waals surface area contributed by atoms with E-state index in [4.69, 9.17) is 9.47 Å². The zero-order valence-corrected chi connectivity index (χ0v) is 17.5. The fourth-order valence-corrected chi connectivity index (χ4v) is 5.60. The maximum absolute atomic E-state index is 13.2. The maximum atomic E-state index is 13.2. The van der Waals surface area contributed by atoms with Crippen LogP contribution in [0, 0.1) is 23.7 Å². The van der Waals surface area contributed by atoms with E-state index in [1.807, 2.05) is 0 Å². The summed E-state index contributed by atoms with van der Waals surface area (Å²) in [6, 6.07) is 11.8. The Bertz CT molecular complexity index is 1050. The Balaban J connectivity index is 1.46. The summed E-state index contributed by atoms with van der Waals surface area (Å²) < 4.78 is 10.6. The van der Waals surface area contributed by atoms with E-state index >= 15 is 0 Å². The van der Waals surface area contributed by atoms with Crippen molar-refractivity contribution in [2.24, 2.45) is 23.7 Å². The Morgan fingerprint density at radius 2 is 1.65 bits per heavy atom. The number of para-hydroxylation sites is 1. The number of ether oxygens (including phenoxy) is 2. The number of imide groups is 1. The lowest BCUT2D eigenvalue weighted by Gasteiger charge is -2.20. The fourth-order valence-electron chi connectivity index (χ4n) is 5.60. The van der Waals surface area contributed by atoms with Crippen LogP contribution in [0.15, 0.2) is 42.5 Å². The number of carbonyl (C=O) groups excluding carboxylic acids is 3. The van der Waals surface area contributed by atoms with Crippen LogP contribution >= 0.6 is 0 Å². The van der Waals surface area contributed by atoms with Gasteiger partial charge in [0.15, 0.2) is 0 Å². The quantitative estimate of drug-likeness (QED) is 0.749. The minimum Gasteiger partial charge on any atom is -0.497 e. The standard InChI is InChI=1S/C24H24N2O5/c1-30-15-9-10-17(19(12-15)31-2)25-22(27)16-5-3-4-6-18(16)26-23(28)20-13-7-8-14(11-13)21(20)24(26)29/h3-6,9-10,12-14,20-21H,7-8,11H2,1-2H3,(H,25,27)/t13-,14-,20-,21+/m0/s1. The zero-order chi connectivity index (χ0) is 21.7. The molecule has 2 bridgehead atoms. The number of methoxy groups -OCH3 is 2. The summed E-state index contributed by atoms with van der Waals surface area (Å²) in [5.74, 6) is 0.429. The highest BCUT2D eigenvalue weighted by Gasteiger charge is 2.61. The Morgan fingerprint density at radius 3 is 2.29 bits per heavy atom. The van der Waals surface area contributed by atoms with E-state index in [2.05, 4.69) is 5.32 Å². The van der Waals surface area contributed by atoms with Gasteiger partial charge in [0.1, 0.15) is 11.5 Å². The van der Waals surface area contributed by atoms with Crippen molar-refractivity contribution < 1.29 is 23.9 Å². The van der Waals surface area contributed by atoms with Gasteiger partial charge in [-0.3, -0.25) is 14.4 Å². The first-order valence-electron chi connectivity index (χ1n) is 10.5. The molecule has 0 aromatic heterocycles. The number of fused-ring (bicyclic) bond motifs is 5. The average molecular weight is 420 g/mol. The van der Waals surface area contributed by atoms with Gasteiger partial charge >= 0.3 is 0 Å². The predicted molar refractivity (Wildman–Crippen MR) is 114 cm³/mol. The van der Waals surface area contributed by atoms with Gasteiger partial charge in [0, 0.05) is 6.07 Å². The molecule has 0 spiro atoms. The molecule has 7 heteroatoms. The van der Waals surface area contributed by atoms with Crippen molar-refractivity contribution in [2.75, 3.05) is 24.4 Å². The highest BCUT2D eigenvalue weighted by atomic mass is 16.5. The van der Waals surface area contributed by atoms with E-state index in [0.29, 0.717) is 34.7 Å². The number of anilines is 2. The number of amides is 3. The summed E-state index contributed by atoms with van der Waals surface area (Å²) in [6.45, 7) is 0. The Morgan fingerprint density at radius 1 is 0.968 bits per heavy atom. The molecule has 2 aliphatic carbocycles. The molecule has 3 fully saturated rings. The minimum absolute atomic E-state index is 0.163. The molecule has 0 radical (unpaired) electrons. The van der Waals surface area contributed by atoms with Crippen molar-refractivity contribution in [2.45, 2.75) is 19.3 Å². The van der Waals surface area contributed by atoms with Gasteiger partial charge in [0.2, 0.25) is 11.8 Å². The first kappa shape index (κ1) is 19.6.